The molecule has 132 valence electrons. The fraction of sp³-hybridized carbons (Fsp3) is 0.150. The Morgan fingerprint density at radius 1 is 1.08 bits per heavy atom. The Kier molecular flexibility index (Phi) is 4.84. The van der Waals surface area contributed by atoms with Gasteiger partial charge in [-0.1, -0.05) is 24.3 Å². The fourth-order valence-corrected chi connectivity index (χ4v) is 2.70. The molecule has 3 aromatic rings. The molecule has 6 heteroatoms. The molecule has 0 bridgehead atoms. The van der Waals surface area contributed by atoms with E-state index in [9.17, 15) is 14.4 Å². The van der Waals surface area contributed by atoms with Crippen molar-refractivity contribution in [3.05, 3.63) is 65.9 Å². The molecule has 1 aromatic heterocycles. The third kappa shape index (κ3) is 3.64. The molecule has 0 radical (unpaired) electrons. The highest BCUT2D eigenvalue weighted by atomic mass is 16.5. The summed E-state index contributed by atoms with van der Waals surface area (Å²) in [4.78, 5) is 39.1. The zero-order valence-corrected chi connectivity index (χ0v) is 14.4. The van der Waals surface area contributed by atoms with Gasteiger partial charge in [0.05, 0.1) is 5.56 Å². The number of carbonyl (C=O) groups is 3. The Hall–Kier alpha value is -3.41. The number of nitrogens with one attached hydrogen (secondary N) is 2. The van der Waals surface area contributed by atoms with E-state index in [1.54, 1.807) is 31.3 Å². The number of carbonyl (C=O) groups excluding carboxylic acids is 3. The summed E-state index contributed by atoms with van der Waals surface area (Å²) in [7, 11) is 0. The van der Waals surface area contributed by atoms with E-state index >= 15 is 0 Å². The number of Topliss-reactive ketones (excluding diaryl/α,β-unsaturated/α-hetero) is 1. The van der Waals surface area contributed by atoms with Crippen LogP contribution in [0.2, 0.25) is 0 Å². The average molecular weight is 350 g/mol. The van der Waals surface area contributed by atoms with E-state index < -0.39 is 12.1 Å². The SMILES string of the molecule is CC(=O)Nc1cccc(C(=O)O[C@H](C)C(=O)c2c[nH]c3ccccc23)c1. The van der Waals surface area contributed by atoms with Crippen LogP contribution in [0.5, 0.6) is 0 Å². The Morgan fingerprint density at radius 2 is 1.85 bits per heavy atom. The van der Waals surface area contributed by atoms with Crippen LogP contribution in [0.15, 0.2) is 54.7 Å². The maximum atomic E-state index is 12.6. The molecule has 1 atom stereocenters. The number of fused-ring (bicyclic) bond motifs is 1. The number of amides is 1. The third-order valence-corrected chi connectivity index (χ3v) is 3.93. The van der Waals surface area contributed by atoms with Gasteiger partial charge in [-0.2, -0.15) is 0 Å². The summed E-state index contributed by atoms with van der Waals surface area (Å²) < 4.78 is 5.32. The van der Waals surface area contributed by atoms with Crippen LogP contribution in [0.4, 0.5) is 5.69 Å². The lowest BCUT2D eigenvalue weighted by molar-refractivity contribution is -0.114. The summed E-state index contributed by atoms with van der Waals surface area (Å²) >= 11 is 0. The molecule has 0 aliphatic rings. The highest BCUT2D eigenvalue weighted by molar-refractivity contribution is 6.10. The smallest absolute Gasteiger partial charge is 0.338 e. The summed E-state index contributed by atoms with van der Waals surface area (Å²) in [6, 6.07) is 13.8. The van der Waals surface area contributed by atoms with Crippen molar-refractivity contribution in [1.29, 1.82) is 0 Å². The lowest BCUT2D eigenvalue weighted by atomic mass is 10.1. The van der Waals surface area contributed by atoms with E-state index in [1.165, 1.54) is 13.0 Å². The predicted octanol–water partition coefficient (Wildman–Crippen LogP) is 3.55. The Morgan fingerprint density at radius 3 is 2.62 bits per heavy atom. The number of para-hydroxylation sites is 1. The molecular formula is C20H18N2O4. The number of benzene rings is 2. The van der Waals surface area contributed by atoms with Gasteiger partial charge < -0.3 is 15.0 Å². The molecule has 0 saturated carbocycles. The van der Waals surface area contributed by atoms with E-state index in [2.05, 4.69) is 10.3 Å². The minimum absolute atomic E-state index is 0.238. The quantitative estimate of drug-likeness (QED) is 0.544. The van der Waals surface area contributed by atoms with Crippen LogP contribution in [-0.2, 0) is 9.53 Å². The van der Waals surface area contributed by atoms with Crippen LogP contribution in [0.25, 0.3) is 10.9 Å². The van der Waals surface area contributed by atoms with Crippen molar-refractivity contribution in [1.82, 2.24) is 4.98 Å². The molecule has 0 fully saturated rings. The molecule has 6 nitrogen and oxygen atoms in total. The van der Waals surface area contributed by atoms with E-state index in [1.807, 2.05) is 24.3 Å². The molecule has 0 saturated heterocycles. The van der Waals surface area contributed by atoms with Crippen molar-refractivity contribution in [2.24, 2.45) is 0 Å². The van der Waals surface area contributed by atoms with Crippen LogP contribution >= 0.6 is 0 Å². The first-order valence-electron chi connectivity index (χ1n) is 8.14. The van der Waals surface area contributed by atoms with Crippen LogP contribution in [0.1, 0.15) is 34.6 Å². The van der Waals surface area contributed by atoms with Crippen LogP contribution < -0.4 is 5.32 Å². The normalized spacial score (nSPS) is 11.8. The molecule has 2 N–H and O–H groups in total. The van der Waals surface area contributed by atoms with Crippen molar-refractivity contribution in [2.75, 3.05) is 5.32 Å². The number of anilines is 1. The van der Waals surface area contributed by atoms with Gasteiger partial charge in [-0.25, -0.2) is 4.79 Å². The topological polar surface area (TPSA) is 88.3 Å². The van der Waals surface area contributed by atoms with E-state index in [0.29, 0.717) is 11.3 Å². The number of esters is 1. The average Bonchev–Trinajstić information content (AvgIpc) is 3.04. The number of rotatable bonds is 5. The second-order valence-corrected chi connectivity index (χ2v) is 5.92. The van der Waals surface area contributed by atoms with Crippen molar-refractivity contribution >= 4 is 34.3 Å². The van der Waals surface area contributed by atoms with Gasteiger partial charge in [0.2, 0.25) is 11.7 Å². The van der Waals surface area contributed by atoms with Gasteiger partial charge in [0, 0.05) is 35.3 Å². The van der Waals surface area contributed by atoms with Gasteiger partial charge in [0.25, 0.3) is 0 Å². The lowest BCUT2D eigenvalue weighted by Gasteiger charge is -2.12. The fourth-order valence-electron chi connectivity index (χ4n) is 2.70. The number of hydrogen-bond acceptors (Lipinski definition) is 4. The maximum Gasteiger partial charge on any atom is 0.338 e. The number of aromatic nitrogens is 1. The van der Waals surface area contributed by atoms with E-state index in [0.717, 1.165) is 10.9 Å². The summed E-state index contributed by atoms with van der Waals surface area (Å²) in [6.07, 6.45) is 0.681. The van der Waals surface area contributed by atoms with E-state index in [4.69, 9.17) is 4.74 Å². The number of ketones is 1. The zero-order chi connectivity index (χ0) is 18.7. The predicted molar refractivity (Wildman–Crippen MR) is 98.3 cm³/mol. The molecule has 26 heavy (non-hydrogen) atoms. The minimum atomic E-state index is -0.939. The largest absolute Gasteiger partial charge is 0.451 e. The van der Waals surface area contributed by atoms with Crippen molar-refractivity contribution < 1.29 is 19.1 Å². The lowest BCUT2D eigenvalue weighted by Crippen LogP contribution is -2.24. The summed E-state index contributed by atoms with van der Waals surface area (Å²) in [5.41, 5.74) is 2.07. The van der Waals surface area contributed by atoms with Gasteiger partial charge >= 0.3 is 5.97 Å². The molecule has 0 unspecified atom stereocenters. The van der Waals surface area contributed by atoms with Crippen molar-refractivity contribution in [3.8, 4) is 0 Å². The molecule has 0 aliphatic heterocycles. The summed E-state index contributed by atoms with van der Waals surface area (Å²) in [5, 5.41) is 3.39. The summed E-state index contributed by atoms with van der Waals surface area (Å²) in [5.74, 6) is -1.15. The Bertz CT molecular complexity index is 990. The highest BCUT2D eigenvalue weighted by Crippen LogP contribution is 2.20. The molecule has 0 aliphatic carbocycles. The number of aromatic amines is 1. The number of ether oxygens (including phenoxy) is 1. The highest BCUT2D eigenvalue weighted by Gasteiger charge is 2.23. The number of H-pyrrole nitrogens is 1. The van der Waals surface area contributed by atoms with Gasteiger partial charge in [-0.15, -0.1) is 0 Å². The van der Waals surface area contributed by atoms with Gasteiger partial charge in [-0.05, 0) is 31.2 Å². The molecule has 0 spiro atoms. The van der Waals surface area contributed by atoms with Gasteiger partial charge in [0.1, 0.15) is 0 Å². The molecule has 2 aromatic carbocycles. The van der Waals surface area contributed by atoms with Crippen molar-refractivity contribution in [2.45, 2.75) is 20.0 Å². The maximum absolute atomic E-state index is 12.6. The molecular weight excluding hydrogens is 332 g/mol. The van der Waals surface area contributed by atoms with E-state index in [-0.39, 0.29) is 17.3 Å². The third-order valence-electron chi connectivity index (χ3n) is 3.93. The summed E-state index contributed by atoms with van der Waals surface area (Å²) in [6.45, 7) is 2.92. The first kappa shape index (κ1) is 17.4. The molecule has 3 rings (SSSR count). The second-order valence-electron chi connectivity index (χ2n) is 5.92. The Labute approximate surface area is 150 Å². The van der Waals surface area contributed by atoms with Crippen LogP contribution in [0, 0.1) is 0 Å². The molecule has 1 heterocycles. The monoisotopic (exact) mass is 350 g/mol. The zero-order valence-electron chi connectivity index (χ0n) is 14.4. The van der Waals surface area contributed by atoms with Gasteiger partial charge in [-0.3, -0.25) is 9.59 Å². The second kappa shape index (κ2) is 7.23. The molecule has 1 amide bonds. The Balaban J connectivity index is 1.75. The standard InChI is InChI=1S/C20H18N2O4/c1-12(19(24)17-11-21-18-9-4-3-8-16(17)18)26-20(25)14-6-5-7-15(10-14)22-13(2)23/h3-12,21H,1-2H3,(H,22,23)/t12-/m1/s1. The number of hydrogen-bond donors (Lipinski definition) is 2. The van der Waals surface area contributed by atoms with Crippen LogP contribution in [0.3, 0.4) is 0 Å². The minimum Gasteiger partial charge on any atom is -0.451 e. The van der Waals surface area contributed by atoms with Crippen LogP contribution in [-0.4, -0.2) is 28.7 Å². The van der Waals surface area contributed by atoms with Gasteiger partial charge in [0.15, 0.2) is 6.10 Å². The first-order valence-corrected chi connectivity index (χ1v) is 8.14. The first-order chi connectivity index (χ1) is 12.5. The van der Waals surface area contributed by atoms with Crippen molar-refractivity contribution in [3.63, 3.8) is 0 Å².